The van der Waals surface area contributed by atoms with Crippen LogP contribution in [0.4, 0.5) is 0 Å². The third-order valence-electron chi connectivity index (χ3n) is 5.03. The molecule has 2 aromatic carbocycles. The van der Waals surface area contributed by atoms with E-state index in [1.165, 1.54) is 0 Å². The van der Waals surface area contributed by atoms with E-state index < -0.39 is 0 Å². The average Bonchev–Trinajstić information content (AvgIpc) is 2.74. The van der Waals surface area contributed by atoms with Gasteiger partial charge in [-0.2, -0.15) is 0 Å². The van der Waals surface area contributed by atoms with Gasteiger partial charge < -0.3 is 14.6 Å². The Kier molecular flexibility index (Phi) is 6.26. The van der Waals surface area contributed by atoms with E-state index in [0.29, 0.717) is 34.4 Å². The van der Waals surface area contributed by atoms with Gasteiger partial charge in [-0.15, -0.1) is 0 Å². The topological polar surface area (TPSA) is 62.6 Å². The predicted octanol–water partition coefficient (Wildman–Crippen LogP) is 3.84. The molecular weight excluding hydrogens is 352 g/mol. The van der Waals surface area contributed by atoms with Crippen molar-refractivity contribution in [1.29, 1.82) is 0 Å². The van der Waals surface area contributed by atoms with Gasteiger partial charge in [0, 0.05) is 24.2 Å². The molecule has 0 saturated heterocycles. The Bertz CT molecular complexity index is 1020. The lowest BCUT2D eigenvalue weighted by molar-refractivity contribution is 0.0949. The lowest BCUT2D eigenvalue weighted by Crippen LogP contribution is -2.34. The Labute approximate surface area is 165 Å². The van der Waals surface area contributed by atoms with Crippen molar-refractivity contribution in [1.82, 2.24) is 10.2 Å². The first kappa shape index (κ1) is 19.8. The van der Waals surface area contributed by atoms with Crippen LogP contribution in [0.2, 0.25) is 0 Å². The van der Waals surface area contributed by atoms with E-state index >= 15 is 0 Å². The number of hydrogen-bond acceptors (Lipinski definition) is 4. The van der Waals surface area contributed by atoms with Crippen LogP contribution in [-0.2, 0) is 0 Å². The van der Waals surface area contributed by atoms with Gasteiger partial charge in [0.15, 0.2) is 11.0 Å². The summed E-state index contributed by atoms with van der Waals surface area (Å²) in [5.41, 5.74) is 1.95. The zero-order valence-corrected chi connectivity index (χ0v) is 16.6. The van der Waals surface area contributed by atoms with Crippen LogP contribution >= 0.6 is 0 Å². The summed E-state index contributed by atoms with van der Waals surface area (Å²) in [4.78, 5) is 27.9. The summed E-state index contributed by atoms with van der Waals surface area (Å²) in [6, 6.07) is 14.6. The van der Waals surface area contributed by atoms with Gasteiger partial charge >= 0.3 is 0 Å². The van der Waals surface area contributed by atoms with E-state index in [-0.39, 0.29) is 11.3 Å². The highest BCUT2D eigenvalue weighted by Gasteiger charge is 2.18. The monoisotopic (exact) mass is 378 g/mol. The molecule has 146 valence electrons. The molecule has 5 heteroatoms. The van der Waals surface area contributed by atoms with Gasteiger partial charge in [-0.3, -0.25) is 9.59 Å². The fraction of sp³-hybridized carbons (Fsp3) is 0.304. The quantitative estimate of drug-likeness (QED) is 0.678. The van der Waals surface area contributed by atoms with Crippen molar-refractivity contribution >= 4 is 16.9 Å². The largest absolute Gasteiger partial charge is 0.455 e. The van der Waals surface area contributed by atoms with Crippen LogP contribution in [0.15, 0.2) is 57.7 Å². The normalized spacial score (nSPS) is 11.1. The van der Waals surface area contributed by atoms with Gasteiger partial charge in [0.05, 0.1) is 10.9 Å². The lowest BCUT2D eigenvalue weighted by atomic mass is 10.0. The minimum absolute atomic E-state index is 0.113. The molecule has 1 N–H and O–H groups in total. The van der Waals surface area contributed by atoms with Gasteiger partial charge in [0.2, 0.25) is 0 Å². The molecule has 0 atom stereocenters. The molecule has 0 saturated carbocycles. The number of fused-ring (bicyclic) bond motifs is 1. The number of amides is 1. The first-order valence-electron chi connectivity index (χ1n) is 9.69. The molecule has 0 spiro atoms. The van der Waals surface area contributed by atoms with Crippen molar-refractivity contribution in [3.8, 4) is 11.3 Å². The molecule has 28 heavy (non-hydrogen) atoms. The molecule has 0 radical (unpaired) electrons. The molecule has 0 aliphatic rings. The molecular formula is C23H26N2O3. The minimum atomic E-state index is -0.233. The Morgan fingerprint density at radius 2 is 1.75 bits per heavy atom. The lowest BCUT2D eigenvalue weighted by Gasteiger charge is -2.18. The number of nitrogens with one attached hydrogen (secondary N) is 1. The van der Waals surface area contributed by atoms with Crippen molar-refractivity contribution < 1.29 is 9.21 Å². The first-order chi connectivity index (χ1) is 13.6. The fourth-order valence-electron chi connectivity index (χ4n) is 3.32. The van der Waals surface area contributed by atoms with Crippen molar-refractivity contribution in [2.75, 3.05) is 26.2 Å². The predicted molar refractivity (Wildman–Crippen MR) is 113 cm³/mol. The number of hydrogen-bond donors (Lipinski definition) is 1. The molecule has 0 bridgehead atoms. The van der Waals surface area contributed by atoms with Crippen LogP contribution in [-0.4, -0.2) is 37.0 Å². The highest BCUT2D eigenvalue weighted by Crippen LogP contribution is 2.27. The number of benzene rings is 2. The second-order valence-electron chi connectivity index (χ2n) is 6.72. The van der Waals surface area contributed by atoms with Crippen LogP contribution in [0.5, 0.6) is 0 Å². The van der Waals surface area contributed by atoms with Gasteiger partial charge in [-0.25, -0.2) is 0 Å². The Balaban J connectivity index is 1.99. The van der Waals surface area contributed by atoms with E-state index in [2.05, 4.69) is 24.1 Å². The molecule has 0 fully saturated rings. The smallest absolute Gasteiger partial charge is 0.255 e. The molecule has 5 nitrogen and oxygen atoms in total. The zero-order valence-electron chi connectivity index (χ0n) is 16.6. The number of rotatable bonds is 7. The summed E-state index contributed by atoms with van der Waals surface area (Å²) < 4.78 is 6.11. The third-order valence-corrected chi connectivity index (χ3v) is 5.03. The summed E-state index contributed by atoms with van der Waals surface area (Å²) in [6.45, 7) is 9.14. The maximum absolute atomic E-state index is 12.9. The van der Waals surface area contributed by atoms with Gasteiger partial charge in [-0.05, 0) is 32.1 Å². The number of carbonyl (C=O) groups excluding carboxylic acids is 1. The van der Waals surface area contributed by atoms with Crippen molar-refractivity contribution in [2.45, 2.75) is 20.8 Å². The number of likely N-dealkylation sites (N-methyl/N-ethyl adjacent to an activating group) is 1. The number of carbonyl (C=O) groups is 1. The fourth-order valence-corrected chi connectivity index (χ4v) is 3.32. The van der Waals surface area contributed by atoms with Crippen molar-refractivity contribution in [3.05, 3.63) is 69.9 Å². The molecule has 3 aromatic rings. The first-order valence-corrected chi connectivity index (χ1v) is 9.69. The molecule has 0 aliphatic carbocycles. The van der Waals surface area contributed by atoms with E-state index in [4.69, 9.17) is 4.42 Å². The van der Waals surface area contributed by atoms with E-state index in [0.717, 1.165) is 25.2 Å². The summed E-state index contributed by atoms with van der Waals surface area (Å²) in [7, 11) is 0. The maximum Gasteiger partial charge on any atom is 0.255 e. The van der Waals surface area contributed by atoms with E-state index in [1.54, 1.807) is 25.1 Å². The average molecular weight is 378 g/mol. The van der Waals surface area contributed by atoms with Crippen LogP contribution in [0, 0.1) is 6.92 Å². The summed E-state index contributed by atoms with van der Waals surface area (Å²) in [5.74, 6) is 0.269. The summed E-state index contributed by atoms with van der Waals surface area (Å²) >= 11 is 0. The second-order valence-corrected chi connectivity index (χ2v) is 6.72. The van der Waals surface area contributed by atoms with Crippen molar-refractivity contribution in [3.63, 3.8) is 0 Å². The molecule has 1 aromatic heterocycles. The Morgan fingerprint density at radius 1 is 1.04 bits per heavy atom. The maximum atomic E-state index is 12.9. The van der Waals surface area contributed by atoms with E-state index in [1.807, 2.05) is 30.3 Å². The van der Waals surface area contributed by atoms with Gasteiger partial charge in [0.1, 0.15) is 5.76 Å². The van der Waals surface area contributed by atoms with Crippen LogP contribution in [0.25, 0.3) is 22.3 Å². The minimum Gasteiger partial charge on any atom is -0.455 e. The molecule has 0 unspecified atom stereocenters. The second kappa shape index (κ2) is 8.85. The zero-order chi connectivity index (χ0) is 20.1. The Hall–Kier alpha value is -2.92. The molecule has 1 heterocycles. The van der Waals surface area contributed by atoms with Crippen LogP contribution in [0.3, 0.4) is 0 Å². The standard InChI is InChI=1S/C23H26N2O3/c1-4-25(5-2)15-14-24-23(27)19-13-9-12-18-20(26)16(3)21(28-22(18)19)17-10-7-6-8-11-17/h6-13H,4-5,14-15H2,1-3H3,(H,24,27). The van der Waals surface area contributed by atoms with Gasteiger partial charge in [0.25, 0.3) is 5.91 Å². The van der Waals surface area contributed by atoms with Crippen molar-refractivity contribution in [2.24, 2.45) is 0 Å². The van der Waals surface area contributed by atoms with Gasteiger partial charge in [-0.1, -0.05) is 50.2 Å². The molecule has 1 amide bonds. The van der Waals surface area contributed by atoms with Crippen LogP contribution < -0.4 is 10.7 Å². The third kappa shape index (κ3) is 3.99. The SMILES string of the molecule is CCN(CC)CCNC(=O)c1cccc2c(=O)c(C)c(-c3ccccc3)oc12. The summed E-state index contributed by atoms with van der Waals surface area (Å²) in [5, 5.41) is 3.37. The summed E-state index contributed by atoms with van der Waals surface area (Å²) in [6.07, 6.45) is 0. The number of nitrogens with zero attached hydrogens (tertiary/aromatic N) is 1. The molecule has 3 rings (SSSR count). The van der Waals surface area contributed by atoms with Crippen LogP contribution in [0.1, 0.15) is 29.8 Å². The Morgan fingerprint density at radius 3 is 2.43 bits per heavy atom. The molecule has 0 aliphatic heterocycles. The number of para-hydroxylation sites is 1. The highest BCUT2D eigenvalue weighted by atomic mass is 16.3. The highest BCUT2D eigenvalue weighted by molar-refractivity contribution is 6.05. The van der Waals surface area contributed by atoms with E-state index in [9.17, 15) is 9.59 Å².